The van der Waals surface area contributed by atoms with Crippen molar-refractivity contribution in [2.45, 2.75) is 20.4 Å². The van der Waals surface area contributed by atoms with E-state index >= 15 is 0 Å². The summed E-state index contributed by atoms with van der Waals surface area (Å²) in [5, 5.41) is 8.35. The number of carbonyl (C=O) groups excluding carboxylic acids is 2. The molecule has 9 heteroatoms. The summed E-state index contributed by atoms with van der Waals surface area (Å²) >= 11 is 0. The largest absolute Gasteiger partial charge is 0.383 e. The van der Waals surface area contributed by atoms with Gasteiger partial charge in [-0.05, 0) is 12.0 Å². The molecule has 3 rings (SSSR count). The Labute approximate surface area is 182 Å². The molecule has 0 aliphatic carbocycles. The van der Waals surface area contributed by atoms with Crippen LogP contribution in [0.1, 0.15) is 24.3 Å². The standard InChI is InChI=1S/C22H31N5O4/c1-16(2)14-27-21(29)18-7-5-4-6-17(18)20(24-27)22(30)26-11-9-25(10-12-26)15-19(28)23-8-13-31-3/h4-7,16H,8-15H2,1-3H3,(H,23,28). The topological polar surface area (TPSA) is 96.8 Å². The minimum absolute atomic E-state index is 0.0507. The smallest absolute Gasteiger partial charge is 0.275 e. The van der Waals surface area contributed by atoms with Crippen LogP contribution in [-0.4, -0.2) is 84.4 Å². The molecule has 168 valence electrons. The highest BCUT2D eigenvalue weighted by Crippen LogP contribution is 2.17. The third-order valence-electron chi connectivity index (χ3n) is 5.26. The number of fused-ring (bicyclic) bond motifs is 1. The first-order valence-corrected chi connectivity index (χ1v) is 10.7. The van der Waals surface area contributed by atoms with Crippen molar-refractivity contribution in [3.63, 3.8) is 0 Å². The summed E-state index contributed by atoms with van der Waals surface area (Å²) in [4.78, 5) is 41.8. The molecule has 2 amide bonds. The first kappa shape index (κ1) is 22.9. The summed E-state index contributed by atoms with van der Waals surface area (Å²) in [6, 6.07) is 7.13. The number of aromatic nitrogens is 2. The van der Waals surface area contributed by atoms with Gasteiger partial charge in [-0.15, -0.1) is 0 Å². The molecule has 1 saturated heterocycles. The van der Waals surface area contributed by atoms with Crippen molar-refractivity contribution in [3.05, 3.63) is 40.3 Å². The van der Waals surface area contributed by atoms with Crippen molar-refractivity contribution in [1.29, 1.82) is 0 Å². The Balaban J connectivity index is 1.72. The summed E-state index contributed by atoms with van der Waals surface area (Å²) in [6.07, 6.45) is 0. The number of hydrogen-bond acceptors (Lipinski definition) is 6. The second-order valence-electron chi connectivity index (χ2n) is 8.19. The zero-order valence-electron chi connectivity index (χ0n) is 18.5. The number of nitrogens with zero attached hydrogens (tertiary/aromatic N) is 4. The lowest BCUT2D eigenvalue weighted by Gasteiger charge is -2.34. The Morgan fingerprint density at radius 2 is 1.81 bits per heavy atom. The van der Waals surface area contributed by atoms with Crippen LogP contribution in [0.2, 0.25) is 0 Å². The molecule has 1 N–H and O–H groups in total. The molecule has 2 aromatic rings. The number of methoxy groups -OCH3 is 1. The van der Waals surface area contributed by atoms with Crippen molar-refractivity contribution in [3.8, 4) is 0 Å². The molecule has 0 atom stereocenters. The molecule has 31 heavy (non-hydrogen) atoms. The van der Waals surface area contributed by atoms with Gasteiger partial charge in [0.05, 0.1) is 18.5 Å². The van der Waals surface area contributed by atoms with E-state index in [0.29, 0.717) is 68.9 Å². The highest BCUT2D eigenvalue weighted by Gasteiger charge is 2.26. The van der Waals surface area contributed by atoms with Crippen molar-refractivity contribution in [2.24, 2.45) is 5.92 Å². The first-order chi connectivity index (χ1) is 14.9. The zero-order valence-corrected chi connectivity index (χ0v) is 18.5. The lowest BCUT2D eigenvalue weighted by molar-refractivity contribution is -0.122. The predicted octanol–water partition coefficient (Wildman–Crippen LogP) is 0.573. The van der Waals surface area contributed by atoms with E-state index in [4.69, 9.17) is 4.74 Å². The van der Waals surface area contributed by atoms with Gasteiger partial charge in [0.25, 0.3) is 11.5 Å². The van der Waals surface area contributed by atoms with Crippen LogP contribution in [0.4, 0.5) is 0 Å². The van der Waals surface area contributed by atoms with Crippen LogP contribution < -0.4 is 10.9 Å². The summed E-state index contributed by atoms with van der Waals surface area (Å²) in [5.41, 5.74) is 0.131. The van der Waals surface area contributed by atoms with E-state index in [-0.39, 0.29) is 23.3 Å². The molecule has 0 unspecified atom stereocenters. The lowest BCUT2D eigenvalue weighted by atomic mass is 10.1. The van der Waals surface area contributed by atoms with Gasteiger partial charge in [0.2, 0.25) is 5.91 Å². The summed E-state index contributed by atoms with van der Waals surface area (Å²) < 4.78 is 6.34. The third kappa shape index (κ3) is 5.68. The van der Waals surface area contributed by atoms with Crippen LogP contribution in [0.5, 0.6) is 0 Å². The third-order valence-corrected chi connectivity index (χ3v) is 5.26. The van der Waals surface area contributed by atoms with Gasteiger partial charge in [-0.2, -0.15) is 5.10 Å². The van der Waals surface area contributed by atoms with E-state index in [1.54, 1.807) is 30.2 Å². The second-order valence-corrected chi connectivity index (χ2v) is 8.19. The Hall–Kier alpha value is -2.78. The SMILES string of the molecule is COCCNC(=O)CN1CCN(C(=O)c2nn(CC(C)C)c(=O)c3ccccc23)CC1. The number of piperazine rings is 1. The van der Waals surface area contributed by atoms with E-state index in [9.17, 15) is 14.4 Å². The van der Waals surface area contributed by atoms with Gasteiger partial charge in [0, 0.05) is 51.8 Å². The highest BCUT2D eigenvalue weighted by atomic mass is 16.5. The van der Waals surface area contributed by atoms with Gasteiger partial charge in [-0.25, -0.2) is 4.68 Å². The Morgan fingerprint density at radius 3 is 2.45 bits per heavy atom. The van der Waals surface area contributed by atoms with Gasteiger partial charge in [0.15, 0.2) is 5.69 Å². The number of ether oxygens (including phenoxy) is 1. The number of nitrogens with one attached hydrogen (secondary N) is 1. The van der Waals surface area contributed by atoms with Gasteiger partial charge in [0.1, 0.15) is 0 Å². The summed E-state index contributed by atoms with van der Waals surface area (Å²) in [6.45, 7) is 7.95. The molecule has 0 bridgehead atoms. The molecule has 1 aliphatic heterocycles. The Bertz CT molecular complexity index is 980. The lowest BCUT2D eigenvalue weighted by Crippen LogP contribution is -2.51. The van der Waals surface area contributed by atoms with E-state index in [1.165, 1.54) is 4.68 Å². The van der Waals surface area contributed by atoms with Crippen molar-refractivity contribution < 1.29 is 14.3 Å². The Kier molecular flexibility index (Phi) is 7.75. The minimum Gasteiger partial charge on any atom is -0.383 e. The fourth-order valence-corrected chi connectivity index (χ4v) is 3.67. The predicted molar refractivity (Wildman–Crippen MR) is 118 cm³/mol. The molecule has 1 aliphatic rings. The van der Waals surface area contributed by atoms with Crippen LogP contribution >= 0.6 is 0 Å². The van der Waals surface area contributed by atoms with Crippen molar-refractivity contribution in [1.82, 2.24) is 24.9 Å². The van der Waals surface area contributed by atoms with Gasteiger partial charge < -0.3 is 15.0 Å². The van der Waals surface area contributed by atoms with E-state index in [2.05, 4.69) is 10.4 Å². The van der Waals surface area contributed by atoms with Crippen LogP contribution in [0.15, 0.2) is 29.1 Å². The van der Waals surface area contributed by atoms with Crippen LogP contribution in [0, 0.1) is 5.92 Å². The van der Waals surface area contributed by atoms with E-state index in [0.717, 1.165) is 0 Å². The molecule has 2 heterocycles. The van der Waals surface area contributed by atoms with Gasteiger partial charge in [-0.1, -0.05) is 32.0 Å². The molecule has 0 spiro atoms. The molecule has 9 nitrogen and oxygen atoms in total. The molecular formula is C22H31N5O4. The van der Waals surface area contributed by atoms with Crippen molar-refractivity contribution >= 4 is 22.6 Å². The van der Waals surface area contributed by atoms with Gasteiger partial charge >= 0.3 is 0 Å². The minimum atomic E-state index is -0.182. The summed E-state index contributed by atoms with van der Waals surface area (Å²) in [5.74, 6) is -0.00366. The van der Waals surface area contributed by atoms with Gasteiger partial charge in [-0.3, -0.25) is 19.3 Å². The van der Waals surface area contributed by atoms with Crippen molar-refractivity contribution in [2.75, 3.05) is 53.0 Å². The molecule has 0 radical (unpaired) electrons. The average molecular weight is 430 g/mol. The fourth-order valence-electron chi connectivity index (χ4n) is 3.67. The molecule has 1 fully saturated rings. The quantitative estimate of drug-likeness (QED) is 0.617. The zero-order chi connectivity index (χ0) is 22.4. The average Bonchev–Trinajstić information content (AvgIpc) is 2.76. The van der Waals surface area contributed by atoms with Crippen LogP contribution in [-0.2, 0) is 16.1 Å². The number of amides is 2. The molecule has 0 saturated carbocycles. The fraction of sp³-hybridized carbons (Fsp3) is 0.545. The number of hydrogen-bond donors (Lipinski definition) is 1. The summed E-state index contributed by atoms with van der Waals surface area (Å²) in [7, 11) is 1.59. The number of carbonyl (C=O) groups is 2. The normalized spacial score (nSPS) is 14.9. The monoisotopic (exact) mass is 429 g/mol. The second kappa shape index (κ2) is 10.5. The molecule has 1 aromatic carbocycles. The maximum absolute atomic E-state index is 13.3. The number of rotatable bonds is 8. The van der Waals surface area contributed by atoms with Crippen LogP contribution in [0.25, 0.3) is 10.8 Å². The molecule has 1 aromatic heterocycles. The highest BCUT2D eigenvalue weighted by molar-refractivity contribution is 6.04. The molecular weight excluding hydrogens is 398 g/mol. The maximum Gasteiger partial charge on any atom is 0.275 e. The first-order valence-electron chi connectivity index (χ1n) is 10.7. The Morgan fingerprint density at radius 1 is 1.13 bits per heavy atom. The number of benzene rings is 1. The van der Waals surface area contributed by atoms with E-state index in [1.807, 2.05) is 24.8 Å². The van der Waals surface area contributed by atoms with Crippen LogP contribution in [0.3, 0.4) is 0 Å². The van der Waals surface area contributed by atoms with E-state index < -0.39 is 0 Å². The maximum atomic E-state index is 13.3.